The van der Waals surface area contributed by atoms with Crippen LogP contribution in [0.15, 0.2) is 0 Å². The maximum atomic E-state index is 3.58. The quantitative estimate of drug-likeness (QED) is 0.670. The summed E-state index contributed by atoms with van der Waals surface area (Å²) in [5.41, 5.74) is 0.441. The summed E-state index contributed by atoms with van der Waals surface area (Å²) in [5, 5.41) is 7.16. The van der Waals surface area contributed by atoms with Gasteiger partial charge in [0.15, 0.2) is 0 Å². The molecule has 0 aromatic carbocycles. The minimum Gasteiger partial charge on any atom is -0.316 e. The Bertz CT molecular complexity index is 192. The van der Waals surface area contributed by atoms with Crippen LogP contribution in [0.1, 0.15) is 33.6 Å². The van der Waals surface area contributed by atoms with Crippen molar-refractivity contribution in [2.45, 2.75) is 39.7 Å². The first-order valence-corrected chi connectivity index (χ1v) is 6.66. The lowest BCUT2D eigenvalue weighted by Crippen LogP contribution is -2.50. The van der Waals surface area contributed by atoms with Crippen LogP contribution in [-0.2, 0) is 0 Å². The highest BCUT2D eigenvalue weighted by atomic mass is 15.2. The molecule has 1 aliphatic heterocycles. The third kappa shape index (κ3) is 5.28. The lowest BCUT2D eigenvalue weighted by atomic mass is 9.90. The summed E-state index contributed by atoms with van der Waals surface area (Å²) in [4.78, 5) is 2.41. The first-order chi connectivity index (χ1) is 7.53. The largest absolute Gasteiger partial charge is 0.316 e. The second-order valence-corrected chi connectivity index (χ2v) is 5.90. The summed E-state index contributed by atoms with van der Waals surface area (Å²) < 4.78 is 0. The number of rotatable bonds is 6. The number of hydrogen-bond donors (Lipinski definition) is 2. The minimum atomic E-state index is 0.441. The Morgan fingerprint density at radius 1 is 1.44 bits per heavy atom. The molecule has 1 unspecified atom stereocenters. The first-order valence-electron chi connectivity index (χ1n) is 6.66. The molecule has 3 heteroatoms. The second kappa shape index (κ2) is 6.58. The standard InChI is InChI=1S/C13H29N3/c1-5-13(2,3)11-14-7-6-12-10-16(4)9-8-15-12/h12,14-15H,5-11H2,1-4H3. The molecule has 1 fully saturated rings. The molecule has 0 aromatic heterocycles. The van der Waals surface area contributed by atoms with E-state index < -0.39 is 0 Å². The van der Waals surface area contributed by atoms with E-state index in [1.54, 1.807) is 0 Å². The zero-order valence-electron chi connectivity index (χ0n) is 11.5. The van der Waals surface area contributed by atoms with E-state index in [1.165, 1.54) is 25.9 Å². The van der Waals surface area contributed by atoms with Crippen molar-refractivity contribution in [1.29, 1.82) is 0 Å². The number of likely N-dealkylation sites (N-methyl/N-ethyl adjacent to an activating group) is 1. The lowest BCUT2D eigenvalue weighted by molar-refractivity contribution is 0.228. The van der Waals surface area contributed by atoms with Gasteiger partial charge in [0, 0.05) is 32.2 Å². The zero-order valence-corrected chi connectivity index (χ0v) is 11.5. The Kier molecular flexibility index (Phi) is 5.73. The van der Waals surface area contributed by atoms with Crippen LogP contribution in [0.3, 0.4) is 0 Å². The molecule has 1 heterocycles. The van der Waals surface area contributed by atoms with E-state index >= 15 is 0 Å². The molecule has 1 aliphatic rings. The van der Waals surface area contributed by atoms with Crippen molar-refractivity contribution >= 4 is 0 Å². The highest BCUT2D eigenvalue weighted by molar-refractivity contribution is 4.78. The maximum Gasteiger partial charge on any atom is 0.0207 e. The molecule has 1 saturated heterocycles. The molecule has 0 bridgehead atoms. The van der Waals surface area contributed by atoms with E-state index in [9.17, 15) is 0 Å². The fourth-order valence-corrected chi connectivity index (χ4v) is 2.01. The van der Waals surface area contributed by atoms with E-state index in [2.05, 4.69) is 43.4 Å². The molecular weight excluding hydrogens is 198 g/mol. The molecular formula is C13H29N3. The molecule has 0 amide bonds. The van der Waals surface area contributed by atoms with E-state index in [1.807, 2.05) is 0 Å². The van der Waals surface area contributed by atoms with Crippen LogP contribution in [0.4, 0.5) is 0 Å². The Labute approximate surface area is 101 Å². The summed E-state index contributed by atoms with van der Waals surface area (Å²) in [6.07, 6.45) is 2.48. The molecule has 3 nitrogen and oxygen atoms in total. The van der Waals surface area contributed by atoms with Gasteiger partial charge in [-0.1, -0.05) is 20.8 Å². The van der Waals surface area contributed by atoms with Crippen molar-refractivity contribution in [3.63, 3.8) is 0 Å². The molecule has 0 aromatic rings. The van der Waals surface area contributed by atoms with Crippen LogP contribution in [0.25, 0.3) is 0 Å². The van der Waals surface area contributed by atoms with E-state index in [0.29, 0.717) is 11.5 Å². The lowest BCUT2D eigenvalue weighted by Gasteiger charge is -2.31. The van der Waals surface area contributed by atoms with E-state index in [0.717, 1.165) is 19.6 Å². The summed E-state index contributed by atoms with van der Waals surface area (Å²) in [6.45, 7) is 12.7. The molecule has 1 rings (SSSR count). The second-order valence-electron chi connectivity index (χ2n) is 5.90. The van der Waals surface area contributed by atoms with E-state index in [4.69, 9.17) is 0 Å². The Morgan fingerprint density at radius 2 is 2.19 bits per heavy atom. The van der Waals surface area contributed by atoms with Crippen LogP contribution in [-0.4, -0.2) is 50.7 Å². The van der Waals surface area contributed by atoms with Crippen LogP contribution < -0.4 is 10.6 Å². The fraction of sp³-hybridized carbons (Fsp3) is 1.00. The summed E-state index contributed by atoms with van der Waals surface area (Å²) in [5.74, 6) is 0. The van der Waals surface area contributed by atoms with Gasteiger partial charge in [-0.25, -0.2) is 0 Å². The molecule has 0 saturated carbocycles. The van der Waals surface area contributed by atoms with Gasteiger partial charge in [-0.05, 0) is 31.8 Å². The van der Waals surface area contributed by atoms with Crippen LogP contribution in [0.5, 0.6) is 0 Å². The number of hydrogen-bond acceptors (Lipinski definition) is 3. The van der Waals surface area contributed by atoms with Crippen molar-refractivity contribution < 1.29 is 0 Å². The molecule has 0 aliphatic carbocycles. The molecule has 16 heavy (non-hydrogen) atoms. The first kappa shape index (κ1) is 13.9. The summed E-state index contributed by atoms with van der Waals surface area (Å²) in [6, 6.07) is 0.677. The molecule has 1 atom stereocenters. The van der Waals surface area contributed by atoms with Crippen molar-refractivity contribution in [3.8, 4) is 0 Å². The van der Waals surface area contributed by atoms with Gasteiger partial charge < -0.3 is 15.5 Å². The topological polar surface area (TPSA) is 27.3 Å². The van der Waals surface area contributed by atoms with Crippen molar-refractivity contribution in [3.05, 3.63) is 0 Å². The maximum absolute atomic E-state index is 3.58. The van der Waals surface area contributed by atoms with Crippen LogP contribution >= 0.6 is 0 Å². The van der Waals surface area contributed by atoms with Gasteiger partial charge in [-0.15, -0.1) is 0 Å². The van der Waals surface area contributed by atoms with Gasteiger partial charge >= 0.3 is 0 Å². The predicted molar refractivity (Wildman–Crippen MR) is 70.8 cm³/mol. The average Bonchev–Trinajstić information content (AvgIpc) is 2.25. The smallest absolute Gasteiger partial charge is 0.0207 e. The van der Waals surface area contributed by atoms with Crippen molar-refractivity contribution in [2.75, 3.05) is 39.8 Å². The minimum absolute atomic E-state index is 0.441. The third-order valence-corrected chi connectivity index (χ3v) is 3.69. The highest BCUT2D eigenvalue weighted by Crippen LogP contribution is 2.17. The predicted octanol–water partition coefficient (Wildman–Crippen LogP) is 1.31. The zero-order chi connectivity index (χ0) is 12.0. The normalized spacial score (nSPS) is 23.6. The molecule has 0 radical (unpaired) electrons. The third-order valence-electron chi connectivity index (χ3n) is 3.69. The van der Waals surface area contributed by atoms with Crippen LogP contribution in [0.2, 0.25) is 0 Å². The monoisotopic (exact) mass is 227 g/mol. The van der Waals surface area contributed by atoms with Gasteiger partial charge in [0.2, 0.25) is 0 Å². The van der Waals surface area contributed by atoms with E-state index in [-0.39, 0.29) is 0 Å². The number of piperazine rings is 1. The molecule has 2 N–H and O–H groups in total. The average molecular weight is 227 g/mol. The number of nitrogens with one attached hydrogen (secondary N) is 2. The van der Waals surface area contributed by atoms with Crippen molar-refractivity contribution in [1.82, 2.24) is 15.5 Å². The SMILES string of the molecule is CCC(C)(C)CNCCC1CN(C)CCN1. The molecule has 96 valence electrons. The Balaban J connectivity index is 2.06. The van der Waals surface area contributed by atoms with Gasteiger partial charge in [-0.3, -0.25) is 0 Å². The Morgan fingerprint density at radius 3 is 2.81 bits per heavy atom. The van der Waals surface area contributed by atoms with Gasteiger partial charge in [0.1, 0.15) is 0 Å². The number of nitrogens with zero attached hydrogens (tertiary/aromatic N) is 1. The Hall–Kier alpha value is -0.120. The van der Waals surface area contributed by atoms with Gasteiger partial charge in [-0.2, -0.15) is 0 Å². The fourth-order valence-electron chi connectivity index (χ4n) is 2.01. The molecule has 0 spiro atoms. The summed E-state index contributed by atoms with van der Waals surface area (Å²) in [7, 11) is 2.21. The highest BCUT2D eigenvalue weighted by Gasteiger charge is 2.17. The van der Waals surface area contributed by atoms with Gasteiger partial charge in [0.05, 0.1) is 0 Å². The van der Waals surface area contributed by atoms with Crippen LogP contribution in [0, 0.1) is 5.41 Å². The summed E-state index contributed by atoms with van der Waals surface area (Å²) >= 11 is 0. The van der Waals surface area contributed by atoms with Crippen molar-refractivity contribution in [2.24, 2.45) is 5.41 Å². The van der Waals surface area contributed by atoms with Gasteiger partial charge in [0.25, 0.3) is 0 Å².